The lowest BCUT2D eigenvalue weighted by molar-refractivity contribution is -0.0530. The van der Waals surface area contributed by atoms with Gasteiger partial charge in [-0.15, -0.1) is 0 Å². The molecule has 2 saturated heterocycles. The molecule has 156 valence electrons. The van der Waals surface area contributed by atoms with E-state index in [9.17, 15) is 0 Å². The van der Waals surface area contributed by atoms with Crippen molar-refractivity contribution in [3.8, 4) is 11.4 Å². The number of aromatic nitrogens is 5. The van der Waals surface area contributed by atoms with Crippen LogP contribution < -0.4 is 10.6 Å². The highest BCUT2D eigenvalue weighted by molar-refractivity contribution is 5.87. The molecule has 0 aromatic carbocycles. The minimum absolute atomic E-state index is 0.0259. The molecule has 3 aromatic rings. The Balaban J connectivity index is 1.52. The predicted molar refractivity (Wildman–Crippen MR) is 112 cm³/mol. The summed E-state index contributed by atoms with van der Waals surface area (Å²) < 4.78 is 14.2. The quantitative estimate of drug-likeness (QED) is 0.689. The van der Waals surface area contributed by atoms with Crippen molar-refractivity contribution >= 4 is 22.8 Å². The molecule has 6 heterocycles. The van der Waals surface area contributed by atoms with E-state index in [0.717, 1.165) is 67.5 Å². The lowest BCUT2D eigenvalue weighted by Gasteiger charge is -2.47. The van der Waals surface area contributed by atoms with Gasteiger partial charge in [-0.3, -0.25) is 0 Å². The Labute approximate surface area is 174 Å². The summed E-state index contributed by atoms with van der Waals surface area (Å²) in [5.41, 5.74) is 7.78. The largest absolute Gasteiger partial charge is 0.384 e. The minimum Gasteiger partial charge on any atom is -0.384 e. The molecule has 0 aliphatic carbocycles. The number of nitrogen functional groups attached to an aromatic ring is 1. The van der Waals surface area contributed by atoms with E-state index in [2.05, 4.69) is 14.5 Å². The van der Waals surface area contributed by atoms with Gasteiger partial charge in [0, 0.05) is 24.9 Å². The van der Waals surface area contributed by atoms with E-state index in [1.807, 2.05) is 19.9 Å². The van der Waals surface area contributed by atoms with Gasteiger partial charge in [-0.05, 0) is 38.8 Å². The van der Waals surface area contributed by atoms with Crippen molar-refractivity contribution < 1.29 is 9.47 Å². The predicted octanol–water partition coefficient (Wildman–Crippen LogP) is 2.10. The molecule has 0 radical (unpaired) electrons. The molecule has 3 aliphatic heterocycles. The van der Waals surface area contributed by atoms with Crippen LogP contribution in [-0.2, 0) is 21.6 Å². The van der Waals surface area contributed by atoms with Crippen molar-refractivity contribution in [1.29, 1.82) is 0 Å². The van der Waals surface area contributed by atoms with Crippen LogP contribution in [0.2, 0.25) is 0 Å². The van der Waals surface area contributed by atoms with Crippen LogP contribution in [0.1, 0.15) is 32.5 Å². The molecule has 2 N–H and O–H groups in total. The van der Waals surface area contributed by atoms with Gasteiger partial charge in [0.05, 0.1) is 19.7 Å². The molecule has 6 rings (SSSR count). The molecule has 9 heteroatoms. The van der Waals surface area contributed by atoms with Crippen molar-refractivity contribution in [2.24, 2.45) is 0 Å². The summed E-state index contributed by atoms with van der Waals surface area (Å²) in [6.07, 6.45) is 3.95. The average molecular weight is 407 g/mol. The second kappa shape index (κ2) is 6.12. The Morgan fingerprint density at radius 1 is 1.07 bits per heavy atom. The SMILES string of the molecule is CC1(C)OCCn2c1nc1c(N3CC4(CCCO4)C3)nc(-c3ccc(N)nc3)nc12. The Morgan fingerprint density at radius 2 is 1.93 bits per heavy atom. The summed E-state index contributed by atoms with van der Waals surface area (Å²) in [7, 11) is 0. The van der Waals surface area contributed by atoms with Gasteiger partial charge >= 0.3 is 0 Å². The molecule has 2 fully saturated rings. The molecule has 9 nitrogen and oxygen atoms in total. The van der Waals surface area contributed by atoms with Crippen LogP contribution in [-0.4, -0.2) is 56.4 Å². The summed E-state index contributed by atoms with van der Waals surface area (Å²) in [6, 6.07) is 3.68. The van der Waals surface area contributed by atoms with E-state index in [-0.39, 0.29) is 5.60 Å². The number of fused-ring (bicyclic) bond motifs is 3. The minimum atomic E-state index is -0.468. The molecular formula is C21H25N7O2. The fraction of sp³-hybridized carbons (Fsp3) is 0.524. The van der Waals surface area contributed by atoms with Gasteiger partial charge in [0.1, 0.15) is 22.8 Å². The molecule has 0 unspecified atom stereocenters. The van der Waals surface area contributed by atoms with Gasteiger partial charge in [-0.25, -0.2) is 19.9 Å². The van der Waals surface area contributed by atoms with E-state index in [4.69, 9.17) is 30.2 Å². The third-order valence-electron chi connectivity index (χ3n) is 6.38. The lowest BCUT2D eigenvalue weighted by atomic mass is 9.91. The molecule has 3 aliphatic rings. The summed E-state index contributed by atoms with van der Waals surface area (Å²) >= 11 is 0. The van der Waals surface area contributed by atoms with E-state index >= 15 is 0 Å². The van der Waals surface area contributed by atoms with Gasteiger partial charge in [0.2, 0.25) is 0 Å². The molecule has 0 saturated carbocycles. The number of hydrogen-bond acceptors (Lipinski definition) is 8. The topological polar surface area (TPSA) is 104 Å². The molecule has 0 bridgehead atoms. The summed E-state index contributed by atoms with van der Waals surface area (Å²) in [6.45, 7) is 7.96. The van der Waals surface area contributed by atoms with Crippen LogP contribution in [0, 0.1) is 0 Å². The van der Waals surface area contributed by atoms with Gasteiger partial charge in [0.15, 0.2) is 22.8 Å². The lowest BCUT2D eigenvalue weighted by Crippen LogP contribution is -2.62. The zero-order valence-electron chi connectivity index (χ0n) is 17.3. The number of ether oxygens (including phenoxy) is 2. The monoisotopic (exact) mass is 407 g/mol. The van der Waals surface area contributed by atoms with E-state index in [0.29, 0.717) is 18.2 Å². The molecule has 0 atom stereocenters. The van der Waals surface area contributed by atoms with Gasteiger partial charge in [-0.2, -0.15) is 0 Å². The maximum atomic E-state index is 6.03. The fourth-order valence-electron chi connectivity index (χ4n) is 4.81. The molecular weight excluding hydrogens is 382 g/mol. The number of imidazole rings is 1. The average Bonchev–Trinajstić information content (AvgIpc) is 3.33. The number of nitrogens with zero attached hydrogens (tertiary/aromatic N) is 6. The highest BCUT2D eigenvalue weighted by atomic mass is 16.5. The van der Waals surface area contributed by atoms with Crippen molar-refractivity contribution in [2.75, 3.05) is 36.9 Å². The Hall–Kier alpha value is -2.78. The molecule has 1 spiro atoms. The second-order valence-corrected chi connectivity index (χ2v) is 8.95. The van der Waals surface area contributed by atoms with Crippen molar-refractivity contribution in [3.63, 3.8) is 0 Å². The van der Waals surface area contributed by atoms with Crippen LogP contribution in [0.3, 0.4) is 0 Å². The zero-order chi connectivity index (χ0) is 20.5. The number of hydrogen-bond donors (Lipinski definition) is 1. The molecule has 30 heavy (non-hydrogen) atoms. The summed E-state index contributed by atoms with van der Waals surface area (Å²) in [4.78, 5) is 21.3. The first kappa shape index (κ1) is 18.0. The molecule has 0 amide bonds. The second-order valence-electron chi connectivity index (χ2n) is 8.95. The van der Waals surface area contributed by atoms with Crippen LogP contribution in [0.15, 0.2) is 18.3 Å². The first-order chi connectivity index (χ1) is 14.4. The first-order valence-corrected chi connectivity index (χ1v) is 10.5. The standard InChI is InChI=1S/C21H25N7O2/c1-20(2)19-24-15-17(27-11-21(12-27)6-3-8-30-21)25-16(13-4-5-14(22)23-10-13)26-18(15)28(19)7-9-29-20/h4-5,10H,3,6-9,11-12H2,1-2H3,(H2,22,23). The highest BCUT2D eigenvalue weighted by Crippen LogP contribution is 2.41. The van der Waals surface area contributed by atoms with Crippen molar-refractivity contribution in [1.82, 2.24) is 24.5 Å². The Kier molecular flexibility index (Phi) is 3.67. The van der Waals surface area contributed by atoms with Crippen LogP contribution in [0.4, 0.5) is 11.6 Å². The van der Waals surface area contributed by atoms with Crippen LogP contribution >= 0.6 is 0 Å². The van der Waals surface area contributed by atoms with Gasteiger partial charge < -0.3 is 24.7 Å². The normalized spacial score (nSPS) is 21.7. The van der Waals surface area contributed by atoms with E-state index in [1.54, 1.807) is 12.3 Å². The van der Waals surface area contributed by atoms with Crippen LogP contribution in [0.5, 0.6) is 0 Å². The smallest absolute Gasteiger partial charge is 0.166 e. The Morgan fingerprint density at radius 3 is 2.67 bits per heavy atom. The van der Waals surface area contributed by atoms with Crippen LogP contribution in [0.25, 0.3) is 22.6 Å². The number of anilines is 2. The van der Waals surface area contributed by atoms with Crippen molar-refractivity contribution in [2.45, 2.75) is 44.4 Å². The summed E-state index contributed by atoms with van der Waals surface area (Å²) in [5.74, 6) is 2.85. The van der Waals surface area contributed by atoms with Crippen molar-refractivity contribution in [3.05, 3.63) is 24.2 Å². The zero-order valence-corrected chi connectivity index (χ0v) is 17.3. The first-order valence-electron chi connectivity index (χ1n) is 10.5. The summed E-state index contributed by atoms with van der Waals surface area (Å²) in [5, 5.41) is 0. The van der Waals surface area contributed by atoms with Gasteiger partial charge in [0.25, 0.3) is 0 Å². The highest BCUT2D eigenvalue weighted by Gasteiger charge is 2.48. The third-order valence-corrected chi connectivity index (χ3v) is 6.38. The fourth-order valence-corrected chi connectivity index (χ4v) is 4.81. The maximum Gasteiger partial charge on any atom is 0.166 e. The third kappa shape index (κ3) is 2.61. The Bertz CT molecular complexity index is 1120. The number of rotatable bonds is 2. The van der Waals surface area contributed by atoms with E-state index in [1.165, 1.54) is 0 Å². The number of pyridine rings is 1. The number of nitrogens with two attached hydrogens (primary N) is 1. The van der Waals surface area contributed by atoms with Gasteiger partial charge in [-0.1, -0.05) is 0 Å². The maximum absolute atomic E-state index is 6.03. The van der Waals surface area contributed by atoms with E-state index < -0.39 is 5.60 Å². The molecule has 3 aromatic heterocycles.